The number of hydrogen-bond acceptors (Lipinski definition) is 3. The average molecular weight is 330 g/mol. The molecule has 0 bridgehead atoms. The Balaban J connectivity index is 1.91. The highest BCUT2D eigenvalue weighted by Crippen LogP contribution is 2.16. The van der Waals surface area contributed by atoms with Gasteiger partial charge in [-0.2, -0.15) is 5.10 Å². The summed E-state index contributed by atoms with van der Waals surface area (Å²) in [7, 11) is 1.81. The normalized spacial score (nSPS) is 16.9. The summed E-state index contributed by atoms with van der Waals surface area (Å²) in [5, 5.41) is 5.08. The Morgan fingerprint density at radius 2 is 2.21 bits per heavy atom. The molecule has 1 aliphatic heterocycles. The zero-order valence-corrected chi connectivity index (χ0v) is 13.0. The molecule has 1 aromatic rings. The number of alkyl halides is 1. The lowest BCUT2D eigenvalue weighted by Gasteiger charge is -2.31. The SMILES string of the molecule is Cc1cc(C(=O)N2CCC(OCCBr)CC2)n(C)n1. The number of hydrogen-bond donors (Lipinski definition) is 0. The fourth-order valence-electron chi connectivity index (χ4n) is 2.41. The fourth-order valence-corrected chi connectivity index (χ4v) is 2.60. The predicted octanol–water partition coefficient (Wildman–Crippen LogP) is 1.74. The van der Waals surface area contributed by atoms with E-state index < -0.39 is 0 Å². The monoisotopic (exact) mass is 329 g/mol. The quantitative estimate of drug-likeness (QED) is 0.790. The highest BCUT2D eigenvalue weighted by atomic mass is 79.9. The molecule has 0 aromatic carbocycles. The molecule has 0 radical (unpaired) electrons. The van der Waals surface area contributed by atoms with Crippen molar-refractivity contribution in [2.75, 3.05) is 25.0 Å². The van der Waals surface area contributed by atoms with Crippen molar-refractivity contribution in [3.8, 4) is 0 Å². The second-order valence-electron chi connectivity index (χ2n) is 4.85. The molecule has 1 aromatic heterocycles. The Morgan fingerprint density at radius 1 is 1.53 bits per heavy atom. The van der Waals surface area contributed by atoms with Crippen LogP contribution in [-0.4, -0.2) is 51.7 Å². The van der Waals surface area contributed by atoms with Gasteiger partial charge >= 0.3 is 0 Å². The maximum atomic E-state index is 12.4. The van der Waals surface area contributed by atoms with Crippen LogP contribution in [-0.2, 0) is 11.8 Å². The van der Waals surface area contributed by atoms with E-state index >= 15 is 0 Å². The first kappa shape index (κ1) is 14.5. The molecule has 1 saturated heterocycles. The summed E-state index contributed by atoms with van der Waals surface area (Å²) in [6.45, 7) is 4.16. The standard InChI is InChI=1S/C13H20BrN3O2/c1-10-9-12(16(2)15-10)13(18)17-6-3-11(4-7-17)19-8-5-14/h9,11H,3-8H2,1-2H3. The zero-order chi connectivity index (χ0) is 13.8. The predicted molar refractivity (Wildman–Crippen MR) is 76.6 cm³/mol. The Kier molecular flexibility index (Phi) is 4.99. The molecule has 0 N–H and O–H groups in total. The van der Waals surface area contributed by atoms with E-state index in [1.807, 2.05) is 24.9 Å². The van der Waals surface area contributed by atoms with Crippen LogP contribution in [0.2, 0.25) is 0 Å². The lowest BCUT2D eigenvalue weighted by Crippen LogP contribution is -2.41. The maximum absolute atomic E-state index is 12.4. The van der Waals surface area contributed by atoms with Crippen molar-refractivity contribution in [2.45, 2.75) is 25.9 Å². The molecule has 19 heavy (non-hydrogen) atoms. The van der Waals surface area contributed by atoms with Crippen molar-refractivity contribution in [3.63, 3.8) is 0 Å². The topological polar surface area (TPSA) is 47.4 Å². The lowest BCUT2D eigenvalue weighted by molar-refractivity contribution is 0.0156. The van der Waals surface area contributed by atoms with E-state index in [0.717, 1.165) is 43.6 Å². The number of aryl methyl sites for hydroxylation is 2. The van der Waals surface area contributed by atoms with Crippen LogP contribution in [0.15, 0.2) is 6.07 Å². The van der Waals surface area contributed by atoms with E-state index in [1.54, 1.807) is 4.68 Å². The third-order valence-corrected chi connectivity index (χ3v) is 3.70. The summed E-state index contributed by atoms with van der Waals surface area (Å²) in [6.07, 6.45) is 2.11. The number of amides is 1. The van der Waals surface area contributed by atoms with Crippen LogP contribution in [0.25, 0.3) is 0 Å². The van der Waals surface area contributed by atoms with Gasteiger partial charge < -0.3 is 9.64 Å². The minimum atomic E-state index is 0.0713. The molecule has 1 amide bonds. The van der Waals surface area contributed by atoms with Crippen molar-refractivity contribution in [1.29, 1.82) is 0 Å². The summed E-state index contributed by atoms with van der Waals surface area (Å²) in [4.78, 5) is 14.3. The van der Waals surface area contributed by atoms with Gasteiger partial charge in [0.05, 0.1) is 18.4 Å². The third kappa shape index (κ3) is 3.57. The van der Waals surface area contributed by atoms with Crippen molar-refractivity contribution in [3.05, 3.63) is 17.5 Å². The van der Waals surface area contributed by atoms with Crippen molar-refractivity contribution < 1.29 is 9.53 Å². The van der Waals surface area contributed by atoms with Gasteiger partial charge in [-0.15, -0.1) is 0 Å². The van der Waals surface area contributed by atoms with Gasteiger partial charge in [0.25, 0.3) is 5.91 Å². The molecule has 6 heteroatoms. The molecule has 5 nitrogen and oxygen atoms in total. The van der Waals surface area contributed by atoms with E-state index in [1.165, 1.54) is 0 Å². The lowest BCUT2D eigenvalue weighted by atomic mass is 10.1. The molecule has 0 atom stereocenters. The van der Waals surface area contributed by atoms with E-state index in [0.29, 0.717) is 5.69 Å². The molecular weight excluding hydrogens is 310 g/mol. The summed E-state index contributed by atoms with van der Waals surface area (Å²) in [5.74, 6) is 0.0713. The van der Waals surface area contributed by atoms with E-state index in [4.69, 9.17) is 4.74 Å². The van der Waals surface area contributed by atoms with E-state index in [-0.39, 0.29) is 12.0 Å². The molecular formula is C13H20BrN3O2. The second kappa shape index (κ2) is 6.52. The molecule has 1 aliphatic rings. The van der Waals surface area contributed by atoms with E-state index in [2.05, 4.69) is 21.0 Å². The molecule has 2 heterocycles. The Hall–Kier alpha value is -0.880. The van der Waals surface area contributed by atoms with Crippen LogP contribution in [0.1, 0.15) is 29.0 Å². The van der Waals surface area contributed by atoms with Crippen LogP contribution >= 0.6 is 15.9 Å². The third-order valence-electron chi connectivity index (χ3n) is 3.38. The molecule has 106 valence electrons. The smallest absolute Gasteiger partial charge is 0.272 e. The highest BCUT2D eigenvalue weighted by molar-refractivity contribution is 9.09. The van der Waals surface area contributed by atoms with Crippen LogP contribution in [0.5, 0.6) is 0 Å². The van der Waals surface area contributed by atoms with Gasteiger partial charge in [0.15, 0.2) is 0 Å². The molecule has 0 unspecified atom stereocenters. The maximum Gasteiger partial charge on any atom is 0.272 e. The van der Waals surface area contributed by atoms with E-state index in [9.17, 15) is 4.79 Å². The molecule has 0 saturated carbocycles. The summed E-state index contributed by atoms with van der Waals surface area (Å²) >= 11 is 3.35. The molecule has 1 fully saturated rings. The van der Waals surface area contributed by atoms with Crippen LogP contribution in [0.3, 0.4) is 0 Å². The molecule has 2 rings (SSSR count). The summed E-state index contributed by atoms with van der Waals surface area (Å²) in [5.41, 5.74) is 1.54. The van der Waals surface area contributed by atoms with Crippen LogP contribution in [0, 0.1) is 6.92 Å². The summed E-state index contributed by atoms with van der Waals surface area (Å²) in [6, 6.07) is 1.84. The first-order valence-electron chi connectivity index (χ1n) is 6.59. The largest absolute Gasteiger partial charge is 0.377 e. The van der Waals surface area contributed by atoms with Gasteiger partial charge in [0.2, 0.25) is 0 Å². The van der Waals surface area contributed by atoms with Crippen LogP contribution in [0.4, 0.5) is 0 Å². The van der Waals surface area contributed by atoms with Crippen molar-refractivity contribution >= 4 is 21.8 Å². The number of halogens is 1. The van der Waals surface area contributed by atoms with Gasteiger partial charge in [-0.3, -0.25) is 9.48 Å². The highest BCUT2D eigenvalue weighted by Gasteiger charge is 2.25. The van der Waals surface area contributed by atoms with Gasteiger partial charge in [-0.1, -0.05) is 15.9 Å². The number of nitrogens with zero attached hydrogens (tertiary/aromatic N) is 3. The van der Waals surface area contributed by atoms with Crippen molar-refractivity contribution in [2.24, 2.45) is 7.05 Å². The number of rotatable bonds is 4. The van der Waals surface area contributed by atoms with Gasteiger partial charge in [-0.05, 0) is 25.8 Å². The Labute approximate surface area is 122 Å². The number of aromatic nitrogens is 2. The fraction of sp³-hybridized carbons (Fsp3) is 0.692. The number of likely N-dealkylation sites (tertiary alicyclic amines) is 1. The first-order chi connectivity index (χ1) is 9.11. The minimum Gasteiger partial charge on any atom is -0.377 e. The number of carbonyl (C=O) groups excluding carboxylic acids is 1. The molecule has 0 spiro atoms. The van der Waals surface area contributed by atoms with Crippen LogP contribution < -0.4 is 0 Å². The average Bonchev–Trinajstić information content (AvgIpc) is 2.75. The minimum absolute atomic E-state index is 0.0713. The zero-order valence-electron chi connectivity index (χ0n) is 11.4. The molecule has 0 aliphatic carbocycles. The van der Waals surface area contributed by atoms with Crippen molar-refractivity contribution in [1.82, 2.24) is 14.7 Å². The number of ether oxygens (including phenoxy) is 1. The van der Waals surface area contributed by atoms with Gasteiger partial charge in [0.1, 0.15) is 5.69 Å². The van der Waals surface area contributed by atoms with Gasteiger partial charge in [-0.25, -0.2) is 0 Å². The second-order valence-corrected chi connectivity index (χ2v) is 5.64. The van der Waals surface area contributed by atoms with Gasteiger partial charge in [0, 0.05) is 25.5 Å². The number of piperidine rings is 1. The first-order valence-corrected chi connectivity index (χ1v) is 7.71. The summed E-state index contributed by atoms with van der Waals surface area (Å²) < 4.78 is 7.35. The Bertz CT molecular complexity index is 439. The Morgan fingerprint density at radius 3 is 2.74 bits per heavy atom. The number of carbonyl (C=O) groups is 1.